The van der Waals surface area contributed by atoms with Crippen molar-refractivity contribution in [3.63, 3.8) is 0 Å². The summed E-state index contributed by atoms with van der Waals surface area (Å²) in [6, 6.07) is 4.56. The summed E-state index contributed by atoms with van der Waals surface area (Å²) in [5.74, 6) is 0.608. The molecule has 0 saturated carbocycles. The Morgan fingerprint density at radius 2 is 2.35 bits per heavy atom. The van der Waals surface area contributed by atoms with Crippen molar-refractivity contribution in [2.75, 3.05) is 11.9 Å². The van der Waals surface area contributed by atoms with Crippen molar-refractivity contribution < 1.29 is 4.92 Å². The summed E-state index contributed by atoms with van der Waals surface area (Å²) in [5, 5.41) is 16.9. The van der Waals surface area contributed by atoms with Crippen LogP contribution in [-0.2, 0) is 6.42 Å². The fourth-order valence-electron chi connectivity index (χ4n) is 1.86. The maximum absolute atomic E-state index is 10.7. The molecule has 2 heterocycles. The normalized spacial score (nSPS) is 10.8. The Bertz CT molecular complexity index is 737. The summed E-state index contributed by atoms with van der Waals surface area (Å²) in [6.07, 6.45) is 2.59. The summed E-state index contributed by atoms with van der Waals surface area (Å²) in [4.78, 5) is 21.8. The largest absolute Gasteiger partial charge is 0.355 e. The lowest BCUT2D eigenvalue weighted by atomic mass is 10.3. The van der Waals surface area contributed by atoms with Gasteiger partial charge in [-0.3, -0.25) is 10.1 Å². The molecule has 0 saturated heterocycles. The minimum absolute atomic E-state index is 0.0514. The number of nitrogens with one attached hydrogen (secondary N) is 2. The Kier molecular flexibility index (Phi) is 3.30. The lowest BCUT2D eigenvalue weighted by Gasteiger charge is -1.99. The molecule has 20 heavy (non-hydrogen) atoms. The summed E-state index contributed by atoms with van der Waals surface area (Å²) in [7, 11) is 0. The first-order valence-corrected chi connectivity index (χ1v) is 6.87. The molecule has 0 radical (unpaired) electrons. The molecule has 0 unspecified atom stereocenters. The number of aromatic amines is 1. The smallest absolute Gasteiger partial charge is 0.271 e. The van der Waals surface area contributed by atoms with Crippen LogP contribution >= 0.6 is 11.3 Å². The summed E-state index contributed by atoms with van der Waals surface area (Å²) < 4.78 is 0. The average Bonchev–Trinajstić information content (AvgIpc) is 3.06. The molecule has 3 aromatic rings. The van der Waals surface area contributed by atoms with E-state index in [0.717, 1.165) is 11.4 Å². The maximum atomic E-state index is 10.7. The molecule has 0 aliphatic carbocycles. The molecule has 2 N–H and O–H groups in total. The van der Waals surface area contributed by atoms with E-state index in [9.17, 15) is 10.1 Å². The predicted octanol–water partition coefficient (Wildman–Crippen LogP) is 2.58. The van der Waals surface area contributed by atoms with Crippen LogP contribution < -0.4 is 5.32 Å². The SMILES string of the molecule is O=[N+]([O-])c1ccc2nc(NCCc3nccs3)[nH]c2c1. The second kappa shape index (κ2) is 5.25. The standard InChI is InChI=1S/C12H11N5O2S/c18-17(19)8-1-2-9-10(7-8)16-12(15-9)14-4-3-11-13-5-6-20-11/h1-2,5-7H,3-4H2,(H2,14,15,16). The van der Waals surface area contributed by atoms with Crippen LogP contribution in [0.4, 0.5) is 11.6 Å². The molecule has 1 aromatic carbocycles. The average molecular weight is 289 g/mol. The molecule has 0 aliphatic heterocycles. The van der Waals surface area contributed by atoms with Gasteiger partial charge in [0.1, 0.15) is 0 Å². The van der Waals surface area contributed by atoms with Crippen molar-refractivity contribution in [2.24, 2.45) is 0 Å². The number of imidazole rings is 1. The van der Waals surface area contributed by atoms with Gasteiger partial charge in [0.15, 0.2) is 0 Å². The van der Waals surface area contributed by atoms with Gasteiger partial charge in [-0.2, -0.15) is 0 Å². The number of benzene rings is 1. The minimum Gasteiger partial charge on any atom is -0.355 e. The van der Waals surface area contributed by atoms with Crippen LogP contribution in [-0.4, -0.2) is 26.4 Å². The fourth-order valence-corrected chi connectivity index (χ4v) is 2.48. The van der Waals surface area contributed by atoms with Gasteiger partial charge in [-0.15, -0.1) is 11.3 Å². The van der Waals surface area contributed by atoms with Gasteiger partial charge in [-0.25, -0.2) is 9.97 Å². The van der Waals surface area contributed by atoms with E-state index in [4.69, 9.17) is 0 Å². The molecule has 0 fully saturated rings. The van der Waals surface area contributed by atoms with Gasteiger partial charge < -0.3 is 10.3 Å². The topological polar surface area (TPSA) is 96.7 Å². The van der Waals surface area contributed by atoms with Crippen molar-refractivity contribution in [1.82, 2.24) is 15.0 Å². The molecule has 0 aliphatic rings. The molecule has 0 spiro atoms. The monoisotopic (exact) mass is 289 g/mol. The third-order valence-corrected chi connectivity index (χ3v) is 3.63. The van der Waals surface area contributed by atoms with Crippen LogP contribution in [0.5, 0.6) is 0 Å². The number of nitro groups is 1. The number of hydrogen-bond acceptors (Lipinski definition) is 6. The van der Waals surface area contributed by atoms with E-state index in [1.807, 2.05) is 5.38 Å². The van der Waals surface area contributed by atoms with Crippen LogP contribution in [0.1, 0.15) is 5.01 Å². The fraction of sp³-hybridized carbons (Fsp3) is 0.167. The summed E-state index contributed by atoms with van der Waals surface area (Å²) in [5.41, 5.74) is 1.40. The number of aromatic nitrogens is 3. The van der Waals surface area contributed by atoms with Gasteiger partial charge in [0.05, 0.1) is 21.0 Å². The Morgan fingerprint density at radius 1 is 1.45 bits per heavy atom. The van der Waals surface area contributed by atoms with Gasteiger partial charge in [0.25, 0.3) is 5.69 Å². The van der Waals surface area contributed by atoms with E-state index in [2.05, 4.69) is 20.3 Å². The van der Waals surface area contributed by atoms with Crippen molar-refractivity contribution >= 4 is 34.0 Å². The number of anilines is 1. The zero-order valence-corrected chi connectivity index (χ0v) is 11.2. The van der Waals surface area contributed by atoms with Gasteiger partial charge in [-0.05, 0) is 6.07 Å². The Balaban J connectivity index is 1.70. The number of H-pyrrole nitrogens is 1. The Hall–Kier alpha value is -2.48. The van der Waals surface area contributed by atoms with Crippen LogP contribution in [0.3, 0.4) is 0 Å². The van der Waals surface area contributed by atoms with Crippen molar-refractivity contribution in [3.8, 4) is 0 Å². The highest BCUT2D eigenvalue weighted by molar-refractivity contribution is 7.09. The third-order valence-electron chi connectivity index (χ3n) is 2.79. The number of non-ortho nitro benzene ring substituents is 1. The molecule has 7 nitrogen and oxygen atoms in total. The van der Waals surface area contributed by atoms with Gasteiger partial charge in [-0.1, -0.05) is 0 Å². The molecule has 102 valence electrons. The molecule has 0 amide bonds. The summed E-state index contributed by atoms with van der Waals surface area (Å²) in [6.45, 7) is 0.704. The highest BCUT2D eigenvalue weighted by atomic mass is 32.1. The first kappa shape index (κ1) is 12.5. The van der Waals surface area contributed by atoms with Crippen LogP contribution in [0.15, 0.2) is 29.8 Å². The van der Waals surface area contributed by atoms with E-state index in [1.54, 1.807) is 23.6 Å². The molecular formula is C12H11N5O2S. The van der Waals surface area contributed by atoms with E-state index < -0.39 is 4.92 Å². The van der Waals surface area contributed by atoms with Crippen molar-refractivity contribution in [1.29, 1.82) is 0 Å². The molecule has 8 heteroatoms. The minimum atomic E-state index is -0.421. The number of rotatable bonds is 5. The predicted molar refractivity (Wildman–Crippen MR) is 77.1 cm³/mol. The van der Waals surface area contributed by atoms with E-state index in [-0.39, 0.29) is 5.69 Å². The maximum Gasteiger partial charge on any atom is 0.271 e. The third kappa shape index (κ3) is 2.59. The molecule has 0 atom stereocenters. The van der Waals surface area contributed by atoms with Gasteiger partial charge in [0.2, 0.25) is 5.95 Å². The van der Waals surface area contributed by atoms with Crippen LogP contribution in [0.2, 0.25) is 0 Å². The molecule has 3 rings (SSSR count). The molecule has 0 bridgehead atoms. The molecular weight excluding hydrogens is 278 g/mol. The van der Waals surface area contributed by atoms with Gasteiger partial charge >= 0.3 is 0 Å². The first-order valence-electron chi connectivity index (χ1n) is 5.99. The number of fused-ring (bicyclic) bond motifs is 1. The van der Waals surface area contributed by atoms with Gasteiger partial charge in [0, 0.05) is 36.7 Å². The van der Waals surface area contributed by atoms with E-state index in [0.29, 0.717) is 23.5 Å². The lowest BCUT2D eigenvalue weighted by Crippen LogP contribution is -2.05. The van der Waals surface area contributed by atoms with Crippen molar-refractivity contribution in [2.45, 2.75) is 6.42 Å². The first-order chi connectivity index (χ1) is 9.72. The zero-order valence-electron chi connectivity index (χ0n) is 10.4. The Labute approximate surface area is 117 Å². The van der Waals surface area contributed by atoms with E-state index in [1.165, 1.54) is 12.1 Å². The van der Waals surface area contributed by atoms with Crippen LogP contribution in [0.25, 0.3) is 11.0 Å². The highest BCUT2D eigenvalue weighted by Crippen LogP contribution is 2.20. The quantitative estimate of drug-likeness (QED) is 0.556. The number of nitro benzene ring substituents is 1. The number of nitrogens with zero attached hydrogens (tertiary/aromatic N) is 3. The summed E-state index contributed by atoms with van der Waals surface area (Å²) >= 11 is 1.61. The van der Waals surface area contributed by atoms with Crippen LogP contribution in [0, 0.1) is 10.1 Å². The second-order valence-corrected chi connectivity index (χ2v) is 5.13. The Morgan fingerprint density at radius 3 is 3.10 bits per heavy atom. The lowest BCUT2D eigenvalue weighted by molar-refractivity contribution is -0.384. The second-order valence-electron chi connectivity index (χ2n) is 4.15. The number of thiazole rings is 1. The zero-order chi connectivity index (χ0) is 13.9. The van der Waals surface area contributed by atoms with E-state index >= 15 is 0 Å². The highest BCUT2D eigenvalue weighted by Gasteiger charge is 2.09. The molecule has 2 aromatic heterocycles. The number of hydrogen-bond donors (Lipinski definition) is 2. The van der Waals surface area contributed by atoms with Crippen molar-refractivity contribution in [3.05, 3.63) is 44.9 Å².